The Morgan fingerprint density at radius 1 is 1.25 bits per heavy atom. The van der Waals surface area contributed by atoms with Crippen LogP contribution in [0.25, 0.3) is 11.4 Å². The first-order valence-electron chi connectivity index (χ1n) is 8.82. The van der Waals surface area contributed by atoms with Crippen molar-refractivity contribution in [3.8, 4) is 11.4 Å². The quantitative estimate of drug-likeness (QED) is 0.560. The van der Waals surface area contributed by atoms with Crippen molar-refractivity contribution in [1.29, 1.82) is 0 Å². The van der Waals surface area contributed by atoms with Gasteiger partial charge in [-0.25, -0.2) is 4.39 Å². The van der Waals surface area contributed by atoms with E-state index < -0.39 is 5.25 Å². The first kappa shape index (κ1) is 20.4. The molecule has 0 saturated heterocycles. The molecular weight excluding hydrogens is 399 g/mol. The fraction of sp³-hybridized carbons (Fsp3) is 0.250. The molecule has 1 amide bonds. The molecule has 0 aliphatic carbocycles. The molecule has 0 saturated carbocycles. The second kappa shape index (κ2) is 8.75. The van der Waals surface area contributed by atoms with Gasteiger partial charge in [0.1, 0.15) is 5.82 Å². The molecule has 0 unspecified atom stereocenters. The summed E-state index contributed by atoms with van der Waals surface area (Å²) in [5.74, 6) is 0.137. The van der Waals surface area contributed by atoms with Crippen molar-refractivity contribution in [2.24, 2.45) is 0 Å². The van der Waals surface area contributed by atoms with E-state index in [0.717, 1.165) is 11.4 Å². The first-order chi connectivity index (χ1) is 13.4. The molecule has 3 rings (SSSR count). The number of thioether (sulfide) groups is 1. The average Bonchev–Trinajstić information content (AvgIpc) is 3.07. The predicted octanol–water partition coefficient (Wildman–Crippen LogP) is 5.19. The average molecular weight is 419 g/mol. The molecular formula is C20H20ClFN4OS. The number of nitrogens with one attached hydrogen (secondary N) is 1. The van der Waals surface area contributed by atoms with Crippen LogP contribution in [0.3, 0.4) is 0 Å². The van der Waals surface area contributed by atoms with Crippen LogP contribution in [0, 0.1) is 12.7 Å². The zero-order valence-electron chi connectivity index (χ0n) is 15.7. The Morgan fingerprint density at radius 3 is 2.61 bits per heavy atom. The maximum Gasteiger partial charge on any atom is 0.237 e. The molecule has 5 nitrogen and oxygen atoms in total. The topological polar surface area (TPSA) is 59.8 Å². The molecule has 0 aliphatic heterocycles. The van der Waals surface area contributed by atoms with E-state index in [1.54, 1.807) is 38.1 Å². The fourth-order valence-corrected chi connectivity index (χ4v) is 3.64. The number of amides is 1. The van der Waals surface area contributed by atoms with Gasteiger partial charge >= 0.3 is 0 Å². The molecule has 3 aromatic rings. The van der Waals surface area contributed by atoms with Crippen LogP contribution in [0.4, 0.5) is 10.1 Å². The third-order valence-corrected chi connectivity index (χ3v) is 5.56. The third-order valence-electron chi connectivity index (χ3n) is 4.23. The molecule has 1 N–H and O–H groups in total. The maximum atomic E-state index is 13.7. The van der Waals surface area contributed by atoms with Crippen LogP contribution in [-0.2, 0) is 11.3 Å². The number of hydrogen-bond acceptors (Lipinski definition) is 4. The van der Waals surface area contributed by atoms with Crippen molar-refractivity contribution in [3.05, 3.63) is 58.9 Å². The standard InChI is InChI=1S/C20H20ClFN4OS/c1-4-26-18(14-6-8-15(21)9-7-14)24-25-20(26)28-13(3)19(27)23-16-10-5-12(2)17(22)11-16/h5-11,13H,4H2,1-3H3,(H,23,27)/t13-/m0/s1. The lowest BCUT2D eigenvalue weighted by Crippen LogP contribution is -2.23. The highest BCUT2D eigenvalue weighted by atomic mass is 35.5. The van der Waals surface area contributed by atoms with Gasteiger partial charge in [0, 0.05) is 22.8 Å². The van der Waals surface area contributed by atoms with E-state index in [1.807, 2.05) is 23.6 Å². The largest absolute Gasteiger partial charge is 0.325 e. The van der Waals surface area contributed by atoms with Gasteiger partial charge in [0.2, 0.25) is 5.91 Å². The lowest BCUT2D eigenvalue weighted by Gasteiger charge is -2.13. The minimum atomic E-state index is -0.433. The van der Waals surface area contributed by atoms with Gasteiger partial charge in [0.25, 0.3) is 0 Å². The van der Waals surface area contributed by atoms with Crippen molar-refractivity contribution in [1.82, 2.24) is 14.8 Å². The van der Waals surface area contributed by atoms with Gasteiger partial charge in [-0.2, -0.15) is 0 Å². The molecule has 28 heavy (non-hydrogen) atoms. The summed E-state index contributed by atoms with van der Waals surface area (Å²) in [4.78, 5) is 12.5. The minimum Gasteiger partial charge on any atom is -0.325 e. The Morgan fingerprint density at radius 2 is 1.96 bits per heavy atom. The molecule has 2 aromatic carbocycles. The van der Waals surface area contributed by atoms with E-state index in [9.17, 15) is 9.18 Å². The number of aryl methyl sites for hydroxylation is 1. The Bertz CT molecular complexity index is 990. The molecule has 8 heteroatoms. The molecule has 1 heterocycles. The number of aromatic nitrogens is 3. The second-order valence-electron chi connectivity index (χ2n) is 6.27. The van der Waals surface area contributed by atoms with E-state index in [0.29, 0.717) is 28.0 Å². The Kier molecular flexibility index (Phi) is 6.36. The molecule has 1 atom stereocenters. The number of nitrogens with zero attached hydrogens (tertiary/aromatic N) is 3. The lowest BCUT2D eigenvalue weighted by molar-refractivity contribution is -0.115. The number of rotatable bonds is 6. The molecule has 0 fully saturated rings. The number of carbonyl (C=O) groups is 1. The maximum absolute atomic E-state index is 13.7. The normalized spacial score (nSPS) is 12.0. The van der Waals surface area contributed by atoms with Crippen LogP contribution >= 0.6 is 23.4 Å². The molecule has 0 radical (unpaired) electrons. The summed E-state index contributed by atoms with van der Waals surface area (Å²) in [7, 11) is 0. The number of benzene rings is 2. The monoisotopic (exact) mass is 418 g/mol. The SMILES string of the molecule is CCn1c(S[C@@H](C)C(=O)Nc2ccc(C)c(F)c2)nnc1-c1ccc(Cl)cc1. The summed E-state index contributed by atoms with van der Waals surface area (Å²) in [6.45, 7) is 6.11. The van der Waals surface area contributed by atoms with Gasteiger partial charge < -0.3 is 9.88 Å². The van der Waals surface area contributed by atoms with E-state index in [2.05, 4.69) is 15.5 Å². The number of halogens is 2. The van der Waals surface area contributed by atoms with Gasteiger partial charge in [-0.3, -0.25) is 4.79 Å². The van der Waals surface area contributed by atoms with Gasteiger partial charge in [-0.15, -0.1) is 10.2 Å². The highest BCUT2D eigenvalue weighted by Crippen LogP contribution is 2.28. The van der Waals surface area contributed by atoms with Crippen LogP contribution in [0.15, 0.2) is 47.6 Å². The smallest absolute Gasteiger partial charge is 0.237 e. The van der Waals surface area contributed by atoms with Crippen molar-refractivity contribution in [3.63, 3.8) is 0 Å². The van der Waals surface area contributed by atoms with Crippen LogP contribution in [0.2, 0.25) is 5.02 Å². The molecule has 0 bridgehead atoms. The van der Waals surface area contributed by atoms with Gasteiger partial charge in [-0.05, 0) is 62.7 Å². The van der Waals surface area contributed by atoms with Crippen molar-refractivity contribution in [2.75, 3.05) is 5.32 Å². The summed E-state index contributed by atoms with van der Waals surface area (Å²) in [5, 5.41) is 12.1. The molecule has 146 valence electrons. The van der Waals surface area contributed by atoms with Crippen LogP contribution in [0.5, 0.6) is 0 Å². The molecule has 0 aliphatic rings. The van der Waals surface area contributed by atoms with E-state index in [4.69, 9.17) is 11.6 Å². The number of carbonyl (C=O) groups excluding carboxylic acids is 1. The Balaban J connectivity index is 1.74. The number of hydrogen-bond donors (Lipinski definition) is 1. The highest BCUT2D eigenvalue weighted by molar-refractivity contribution is 8.00. The van der Waals surface area contributed by atoms with E-state index in [1.165, 1.54) is 17.8 Å². The summed E-state index contributed by atoms with van der Waals surface area (Å²) in [6.07, 6.45) is 0. The zero-order valence-corrected chi connectivity index (χ0v) is 17.3. The van der Waals surface area contributed by atoms with Crippen LogP contribution in [0.1, 0.15) is 19.4 Å². The highest BCUT2D eigenvalue weighted by Gasteiger charge is 2.20. The third kappa shape index (κ3) is 4.54. The minimum absolute atomic E-state index is 0.230. The summed E-state index contributed by atoms with van der Waals surface area (Å²) in [6, 6.07) is 12.0. The summed E-state index contributed by atoms with van der Waals surface area (Å²) >= 11 is 7.26. The Labute approximate surface area is 172 Å². The number of anilines is 1. The first-order valence-corrected chi connectivity index (χ1v) is 10.1. The van der Waals surface area contributed by atoms with Crippen molar-refractivity contribution < 1.29 is 9.18 Å². The van der Waals surface area contributed by atoms with Crippen molar-refractivity contribution >= 4 is 35.0 Å². The van der Waals surface area contributed by atoms with E-state index in [-0.39, 0.29) is 11.7 Å². The second-order valence-corrected chi connectivity index (χ2v) is 8.02. The van der Waals surface area contributed by atoms with Gasteiger partial charge in [-0.1, -0.05) is 29.4 Å². The fourth-order valence-electron chi connectivity index (χ4n) is 2.60. The van der Waals surface area contributed by atoms with Crippen LogP contribution < -0.4 is 5.32 Å². The molecule has 1 aromatic heterocycles. The predicted molar refractivity (Wildman–Crippen MR) is 111 cm³/mol. The van der Waals surface area contributed by atoms with Gasteiger partial charge in [0.15, 0.2) is 11.0 Å². The summed E-state index contributed by atoms with van der Waals surface area (Å²) < 4.78 is 15.6. The van der Waals surface area contributed by atoms with Crippen molar-refractivity contribution in [2.45, 2.75) is 37.7 Å². The Hall–Kier alpha value is -2.38. The lowest BCUT2D eigenvalue weighted by atomic mass is 10.2. The molecule has 0 spiro atoms. The van der Waals surface area contributed by atoms with E-state index >= 15 is 0 Å². The zero-order chi connectivity index (χ0) is 20.3. The van der Waals surface area contributed by atoms with Gasteiger partial charge in [0.05, 0.1) is 5.25 Å². The van der Waals surface area contributed by atoms with Crippen LogP contribution in [-0.4, -0.2) is 25.9 Å². The summed E-state index contributed by atoms with van der Waals surface area (Å²) in [5.41, 5.74) is 1.86.